The fraction of sp³-hybridized carbons (Fsp3) is 0.186. The highest BCUT2D eigenvalue weighted by Crippen LogP contribution is 2.40. The van der Waals surface area contributed by atoms with Crippen molar-refractivity contribution in [2.24, 2.45) is 0 Å². The average Bonchev–Trinajstić information content (AvgIpc) is 1.41. The molecule has 0 amide bonds. The van der Waals surface area contributed by atoms with Crippen molar-refractivity contribution in [2.75, 3.05) is 0 Å². The van der Waals surface area contributed by atoms with Crippen LogP contribution in [0.1, 0.15) is 44.5 Å². The van der Waals surface area contributed by atoms with Crippen LogP contribution in [0.25, 0.3) is 0 Å². The van der Waals surface area contributed by atoms with Crippen molar-refractivity contribution in [3.63, 3.8) is 0 Å². The first kappa shape index (κ1) is 69.7. The monoisotopic (exact) mass is 1390 g/mol. The molecule has 11 nitrogen and oxygen atoms in total. The fourth-order valence-corrected chi connectivity index (χ4v) is 14.5. The summed E-state index contributed by atoms with van der Waals surface area (Å²) in [6.07, 6.45) is 0. The van der Waals surface area contributed by atoms with E-state index in [1.807, 2.05) is 0 Å². The van der Waals surface area contributed by atoms with Crippen molar-refractivity contribution >= 4 is 52.1 Å². The molecule has 85 heavy (non-hydrogen) atoms. The minimum Gasteiger partial charge on any atom is -0.741 e. The molecule has 0 fully saturated rings. The Bertz CT molecular complexity index is 3540. The van der Waals surface area contributed by atoms with Crippen molar-refractivity contribution in [3.05, 3.63) is 222 Å². The summed E-state index contributed by atoms with van der Waals surface area (Å²) >= 11 is -0.363. The second-order valence-electron chi connectivity index (χ2n) is 18.3. The first-order chi connectivity index (χ1) is 39.3. The first-order valence-electron chi connectivity index (χ1n) is 24.5. The molecule has 0 saturated heterocycles. The van der Waals surface area contributed by atoms with Gasteiger partial charge in [0.2, 0.25) is 0 Å². The Morgan fingerprint density at radius 2 is 0.518 bits per heavy atom. The smallest absolute Gasteiger partial charge is 0.485 e. The molecular weight excluding hydrogens is 1340 g/mol. The maximum Gasteiger partial charge on any atom is 0.485 e. The number of aryl methyl sites for hydroxylation is 4. The molecule has 0 atom stereocenters. The van der Waals surface area contributed by atoms with Gasteiger partial charge in [-0.15, -0.1) is 0 Å². The molecule has 0 heterocycles. The van der Waals surface area contributed by atoms with Crippen LogP contribution in [0.15, 0.2) is 199 Å². The van der Waals surface area contributed by atoms with Gasteiger partial charge in [0.25, 0.3) is 0 Å². The molecule has 0 spiro atoms. The Hall–Kier alpha value is -6.11. The topological polar surface area (TPSA) is 190 Å². The lowest BCUT2D eigenvalue weighted by molar-refractivity contribution is -0.597. The highest BCUT2D eigenvalue weighted by Gasteiger charge is 2.39. The van der Waals surface area contributed by atoms with E-state index in [2.05, 4.69) is 225 Å². The summed E-state index contributed by atoms with van der Waals surface area (Å²) in [5.41, 5.74) is -6.23. The molecule has 0 saturated carbocycles. The molecule has 8 aromatic carbocycles. The number of alkyl halides is 9. The highest BCUT2D eigenvalue weighted by molar-refractivity contribution is 7.97. The summed E-state index contributed by atoms with van der Waals surface area (Å²) in [4.78, 5) is 8.08. The van der Waals surface area contributed by atoms with Crippen LogP contribution in [-0.2, 0) is 52.1 Å². The maximum absolute atomic E-state index is 10.7. The molecule has 0 aromatic heterocycles. The van der Waals surface area contributed by atoms with E-state index >= 15 is 0 Å². The Morgan fingerprint density at radius 1 is 0.329 bits per heavy atom. The highest BCUT2D eigenvalue weighted by atomic mass is 127. The van der Waals surface area contributed by atoms with Crippen LogP contribution in [-0.4, -0.2) is 55.4 Å². The van der Waals surface area contributed by atoms with Gasteiger partial charge in [0.15, 0.2) is 66.9 Å². The molecule has 0 aliphatic heterocycles. The zero-order valence-corrected chi connectivity index (χ0v) is 52.2. The average molecular weight is 1400 g/mol. The second kappa shape index (κ2) is 28.6. The van der Waals surface area contributed by atoms with Crippen LogP contribution in [0.4, 0.5) is 39.5 Å². The number of hydrogen-bond donors (Lipinski definition) is 0. The van der Waals surface area contributed by atoms with Crippen molar-refractivity contribution in [1.29, 1.82) is 0 Å². The lowest BCUT2D eigenvalue weighted by atomic mass is 10.1. The largest absolute Gasteiger partial charge is 0.741 e. The Labute approximate surface area is 503 Å². The quantitative estimate of drug-likeness (QED) is 0.0372. The predicted octanol–water partition coefficient (Wildman–Crippen LogP) is 12.2. The number of ether oxygens (including phenoxy) is 2. The number of rotatable bonds is 12. The van der Waals surface area contributed by atoms with Crippen LogP contribution in [0.2, 0.25) is 0 Å². The zero-order chi connectivity index (χ0) is 63.6. The van der Waals surface area contributed by atoms with Crippen molar-refractivity contribution in [2.45, 2.75) is 101 Å². The molecule has 0 aliphatic carbocycles. The molecule has 8 rings (SSSR count). The Kier molecular flexibility index (Phi) is 23.4. The molecule has 0 N–H and O–H groups in total. The summed E-state index contributed by atoms with van der Waals surface area (Å²) in [5, 5.41) is 0. The molecule has 454 valence electrons. The SMILES string of the molecule is Cc1cccc([S+](c2ccc(Oc3ccc([I+]c4ccc(Oc5ccc([S+](c6cccc(C)c6C)c6cccc(C)c6C)cc5)cc4)cc3)cc2)c2cccc(C)c2C)c1C.O=S(=O)([O-])C(F)(F)F.O=S(=O)([O-])C(F)(F)F.O=S(=O)([O-])C(F)(F)F. The second-order valence-corrected chi connectivity index (χ2v) is 29.3. The van der Waals surface area contributed by atoms with E-state index < -0.39 is 46.9 Å². The standard InChI is InChI=1S/C56H52IO2S2.3CHF3O3S/c1-37-13-9-17-53(41(37)5)60(54-18-10-14-38(2)42(54)6)51-33-29-49(30-34-51)58-47-25-21-45(22-26-47)57-46-23-27-48(28-24-46)59-50-31-35-52(36-32-50)61(55-19-11-15-39(3)43(55)7)56-20-12-16-40(4)44(56)8;3*2-1(3,4)8(5,6)7/h9-36H,1-8H3;3*(H,5,6,7)/q+3;;;/p-3. The third kappa shape index (κ3) is 19.2. The Morgan fingerprint density at radius 3 is 0.706 bits per heavy atom. The normalized spacial score (nSPS) is 12.1. The van der Waals surface area contributed by atoms with Crippen molar-refractivity contribution < 1.29 is 109 Å². The third-order valence-corrected chi connectivity index (χ3v) is 21.8. The molecule has 26 heteroatoms. The van der Waals surface area contributed by atoms with E-state index in [-0.39, 0.29) is 43.0 Å². The van der Waals surface area contributed by atoms with E-state index in [4.69, 9.17) is 48.4 Å². The van der Waals surface area contributed by atoms with Gasteiger partial charge in [0, 0.05) is 22.3 Å². The third-order valence-electron chi connectivity index (χ3n) is 12.4. The lowest BCUT2D eigenvalue weighted by Crippen LogP contribution is -3.61. The number of halogens is 10. The van der Waals surface area contributed by atoms with Gasteiger partial charge in [-0.05, 0) is 199 Å². The number of hydrogen-bond acceptors (Lipinski definition) is 11. The molecule has 0 unspecified atom stereocenters. The van der Waals surface area contributed by atoms with Crippen molar-refractivity contribution in [1.82, 2.24) is 0 Å². The van der Waals surface area contributed by atoms with Gasteiger partial charge in [-0.3, -0.25) is 0 Å². The van der Waals surface area contributed by atoms with Gasteiger partial charge >= 0.3 is 37.7 Å². The van der Waals surface area contributed by atoms with E-state index in [9.17, 15) is 39.5 Å². The molecule has 8 aromatic rings. The van der Waals surface area contributed by atoms with Crippen LogP contribution < -0.4 is 30.7 Å². The van der Waals surface area contributed by atoms with Crippen molar-refractivity contribution in [3.8, 4) is 23.0 Å². The summed E-state index contributed by atoms with van der Waals surface area (Å²) < 4.78 is 192. The van der Waals surface area contributed by atoms with Gasteiger partial charge in [0.1, 0.15) is 23.0 Å². The first-order valence-corrected chi connectivity index (χ1v) is 33.3. The fourth-order valence-electron chi connectivity index (χ4n) is 7.34. The molecule has 0 radical (unpaired) electrons. The summed E-state index contributed by atoms with van der Waals surface area (Å²) in [6.45, 7) is 17.8. The van der Waals surface area contributed by atoms with Crippen LogP contribution >= 0.6 is 0 Å². The minimum absolute atomic E-state index is 0.225. The van der Waals surface area contributed by atoms with Crippen LogP contribution in [0, 0.1) is 62.5 Å². The molecule has 0 bridgehead atoms. The molecular formula is C59H52F9IO11S5. The van der Waals surface area contributed by atoms with Gasteiger partial charge in [-0.1, -0.05) is 48.5 Å². The van der Waals surface area contributed by atoms with Crippen LogP contribution in [0.5, 0.6) is 23.0 Å². The predicted molar refractivity (Wildman–Crippen MR) is 299 cm³/mol. The van der Waals surface area contributed by atoms with E-state index in [0.29, 0.717) is 0 Å². The summed E-state index contributed by atoms with van der Waals surface area (Å²) in [5.74, 6) is 3.36. The number of benzene rings is 8. The maximum atomic E-state index is 10.7. The van der Waals surface area contributed by atoms with Gasteiger partial charge in [0.05, 0.1) is 21.8 Å². The van der Waals surface area contributed by atoms with E-state index in [1.54, 1.807) is 0 Å². The minimum atomic E-state index is -6.09. The van der Waals surface area contributed by atoms with E-state index in [1.165, 1.54) is 81.0 Å². The van der Waals surface area contributed by atoms with E-state index in [0.717, 1.165) is 23.0 Å². The lowest BCUT2D eigenvalue weighted by Gasteiger charge is -2.15. The van der Waals surface area contributed by atoms with Gasteiger partial charge in [-0.25, -0.2) is 25.3 Å². The zero-order valence-electron chi connectivity index (χ0n) is 46.0. The summed E-state index contributed by atoms with van der Waals surface area (Å²) in [7, 11) is -18.7. The summed E-state index contributed by atoms with van der Waals surface area (Å²) in [6, 6.07) is 61.3. The van der Waals surface area contributed by atoms with Gasteiger partial charge in [-0.2, -0.15) is 39.5 Å². The van der Waals surface area contributed by atoms with Crippen LogP contribution in [0.3, 0.4) is 0 Å². The van der Waals surface area contributed by atoms with Gasteiger partial charge < -0.3 is 23.1 Å². The Balaban J connectivity index is 0.000000461. The molecule has 0 aliphatic rings.